The van der Waals surface area contributed by atoms with Gasteiger partial charge in [0.15, 0.2) is 0 Å². The maximum absolute atomic E-state index is 4.53. The molecule has 1 aliphatic rings. The van der Waals surface area contributed by atoms with Crippen molar-refractivity contribution in [3.63, 3.8) is 0 Å². The fraction of sp³-hybridized carbons (Fsp3) is 0.0164. The molecule has 310 valence electrons. The molecule has 0 bridgehead atoms. The number of rotatable bonds is 9. The Kier molecular flexibility index (Phi) is 10.4. The van der Waals surface area contributed by atoms with Crippen molar-refractivity contribution in [3.05, 3.63) is 267 Å². The van der Waals surface area contributed by atoms with E-state index in [0.29, 0.717) is 0 Å². The summed E-state index contributed by atoms with van der Waals surface area (Å²) in [5.41, 5.74) is 16.6. The highest BCUT2D eigenvalue weighted by molar-refractivity contribution is 6.10. The van der Waals surface area contributed by atoms with Gasteiger partial charge in [-0.25, -0.2) is 0 Å². The molecule has 0 spiro atoms. The summed E-state index contributed by atoms with van der Waals surface area (Å²) in [5, 5.41) is 2.45. The predicted molar refractivity (Wildman–Crippen MR) is 276 cm³/mol. The summed E-state index contributed by atoms with van der Waals surface area (Å²) in [6, 6.07) is 82.6. The van der Waals surface area contributed by atoms with Crippen molar-refractivity contribution in [2.45, 2.75) is 0 Å². The number of aromatic nitrogens is 1. The number of hydrogen-bond acceptors (Lipinski definition) is 3. The van der Waals surface area contributed by atoms with Gasteiger partial charge in [0.25, 0.3) is 0 Å². The molecular weight excluding hydrogens is 789 g/mol. The molecule has 0 atom stereocenters. The first kappa shape index (κ1) is 39.3. The highest BCUT2D eigenvalue weighted by Crippen LogP contribution is 2.43. The first-order chi connectivity index (χ1) is 32.2. The maximum atomic E-state index is 4.53. The predicted octanol–water partition coefficient (Wildman–Crippen LogP) is 16.7. The van der Waals surface area contributed by atoms with Gasteiger partial charge in [-0.15, -0.1) is 0 Å². The molecule has 0 fully saturated rings. The zero-order valence-corrected chi connectivity index (χ0v) is 36.0. The summed E-state index contributed by atoms with van der Waals surface area (Å²) in [6.07, 6.45) is 8.48. The lowest BCUT2D eigenvalue weighted by atomic mass is 10.0. The van der Waals surface area contributed by atoms with Crippen molar-refractivity contribution in [1.82, 2.24) is 4.57 Å². The minimum Gasteiger partial charge on any atom is -0.337 e. The summed E-state index contributed by atoms with van der Waals surface area (Å²) in [5.74, 6) is 0. The third kappa shape index (κ3) is 7.58. The fourth-order valence-electron chi connectivity index (χ4n) is 9.22. The second-order valence-electron chi connectivity index (χ2n) is 16.3. The van der Waals surface area contributed by atoms with Crippen LogP contribution < -0.4 is 14.7 Å². The summed E-state index contributed by atoms with van der Waals surface area (Å²) in [7, 11) is 0. The highest BCUT2D eigenvalue weighted by atomic mass is 15.2. The van der Waals surface area contributed by atoms with Crippen LogP contribution in [0.5, 0.6) is 0 Å². The van der Waals surface area contributed by atoms with Crippen LogP contribution in [0, 0.1) is 0 Å². The standard InChI is InChI=1S/C61H46N4/c1-45-19-7-6-18-42-62(48-20-8-2-9-21-48)59-40-38-54(43-57(45)59)63(49-22-10-3-11-23-49)52-34-30-46(31-35-52)47-32-36-53(37-33-47)64(50-24-12-4-13-25-50)55-39-41-61-58(44-55)56-28-16-17-29-60(56)65(61)51-26-14-5-15-27-51/h2-41,43-44H,1,42H2/b18-6-,19-7-. The normalized spacial score (nSPS) is 13.4. The van der Waals surface area contributed by atoms with Crippen LogP contribution in [0.2, 0.25) is 0 Å². The van der Waals surface area contributed by atoms with Gasteiger partial charge in [-0.2, -0.15) is 0 Å². The number of anilines is 8. The number of benzene rings is 9. The van der Waals surface area contributed by atoms with Crippen LogP contribution in [-0.4, -0.2) is 11.1 Å². The largest absolute Gasteiger partial charge is 0.337 e. The summed E-state index contributed by atoms with van der Waals surface area (Å²) in [4.78, 5) is 7.03. The van der Waals surface area contributed by atoms with Gasteiger partial charge in [0.1, 0.15) is 0 Å². The van der Waals surface area contributed by atoms with Gasteiger partial charge < -0.3 is 19.3 Å². The molecule has 0 radical (unpaired) electrons. The Balaban J connectivity index is 0.938. The molecule has 10 aromatic rings. The van der Waals surface area contributed by atoms with E-state index in [1.165, 1.54) is 21.8 Å². The topological polar surface area (TPSA) is 14.7 Å². The Morgan fingerprint density at radius 1 is 0.385 bits per heavy atom. The van der Waals surface area contributed by atoms with Gasteiger partial charge in [-0.3, -0.25) is 0 Å². The molecule has 2 heterocycles. The summed E-state index contributed by atoms with van der Waals surface area (Å²) < 4.78 is 2.36. The summed E-state index contributed by atoms with van der Waals surface area (Å²) in [6.45, 7) is 5.28. The van der Waals surface area contributed by atoms with Crippen LogP contribution >= 0.6 is 0 Å². The zero-order chi connectivity index (χ0) is 43.5. The summed E-state index contributed by atoms with van der Waals surface area (Å²) >= 11 is 0. The zero-order valence-electron chi connectivity index (χ0n) is 36.0. The SMILES string of the molecule is C=C1/C=C\C=C/CN(c2ccccc2)c2ccc(N(c3ccccc3)c3ccc(-c4ccc(N(c5ccccc5)c5ccc6c(c5)c5ccccc5n6-c5ccccc5)cc4)cc3)cc21. The van der Waals surface area contributed by atoms with E-state index in [1.807, 2.05) is 0 Å². The lowest BCUT2D eigenvalue weighted by Crippen LogP contribution is -2.18. The highest BCUT2D eigenvalue weighted by Gasteiger charge is 2.21. The van der Waals surface area contributed by atoms with Gasteiger partial charge in [0, 0.05) is 74.1 Å². The van der Waals surface area contributed by atoms with Crippen LogP contribution in [0.25, 0.3) is 44.2 Å². The number of fused-ring (bicyclic) bond motifs is 4. The molecule has 9 aromatic carbocycles. The van der Waals surface area contributed by atoms with Crippen molar-refractivity contribution in [1.29, 1.82) is 0 Å². The van der Waals surface area contributed by atoms with Gasteiger partial charge in [0.2, 0.25) is 0 Å². The third-order valence-electron chi connectivity index (χ3n) is 12.3. The molecule has 0 saturated carbocycles. The number of nitrogens with zero attached hydrogens (tertiary/aromatic N) is 4. The first-order valence-electron chi connectivity index (χ1n) is 22.2. The second-order valence-corrected chi connectivity index (χ2v) is 16.3. The van der Waals surface area contributed by atoms with Crippen LogP contribution in [0.15, 0.2) is 261 Å². The van der Waals surface area contributed by atoms with E-state index < -0.39 is 0 Å². The Hall–Kier alpha value is -8.60. The van der Waals surface area contributed by atoms with E-state index >= 15 is 0 Å². The van der Waals surface area contributed by atoms with E-state index in [2.05, 4.69) is 281 Å². The Morgan fingerprint density at radius 2 is 0.862 bits per heavy atom. The molecule has 4 nitrogen and oxygen atoms in total. The smallest absolute Gasteiger partial charge is 0.0542 e. The molecule has 0 saturated heterocycles. The van der Waals surface area contributed by atoms with Gasteiger partial charge in [0.05, 0.1) is 11.0 Å². The average Bonchev–Trinajstić information content (AvgIpc) is 3.73. The number of allylic oxidation sites excluding steroid dienone is 4. The van der Waals surface area contributed by atoms with Crippen molar-refractivity contribution >= 4 is 72.9 Å². The monoisotopic (exact) mass is 834 g/mol. The Labute approximate surface area is 380 Å². The molecule has 0 aliphatic carbocycles. The van der Waals surface area contributed by atoms with Crippen molar-refractivity contribution < 1.29 is 0 Å². The van der Waals surface area contributed by atoms with Crippen LogP contribution in [0.4, 0.5) is 45.5 Å². The fourth-order valence-corrected chi connectivity index (χ4v) is 9.22. The van der Waals surface area contributed by atoms with Gasteiger partial charge >= 0.3 is 0 Å². The van der Waals surface area contributed by atoms with E-state index in [-0.39, 0.29) is 0 Å². The minimum atomic E-state index is 0.750. The van der Waals surface area contributed by atoms with Crippen molar-refractivity contribution in [2.24, 2.45) is 0 Å². The van der Waals surface area contributed by atoms with E-state index in [0.717, 1.165) is 80.0 Å². The quantitative estimate of drug-likeness (QED) is 0.144. The molecule has 0 unspecified atom stereocenters. The van der Waals surface area contributed by atoms with Crippen molar-refractivity contribution in [2.75, 3.05) is 21.2 Å². The van der Waals surface area contributed by atoms with Gasteiger partial charge in [-0.05, 0) is 132 Å². The molecule has 4 heteroatoms. The number of para-hydroxylation sites is 5. The minimum absolute atomic E-state index is 0.750. The second kappa shape index (κ2) is 17.3. The van der Waals surface area contributed by atoms with Crippen LogP contribution in [0.3, 0.4) is 0 Å². The molecule has 1 aliphatic heterocycles. The Morgan fingerprint density at radius 3 is 1.48 bits per heavy atom. The van der Waals surface area contributed by atoms with E-state index in [4.69, 9.17) is 0 Å². The van der Waals surface area contributed by atoms with Gasteiger partial charge in [-0.1, -0.05) is 146 Å². The third-order valence-corrected chi connectivity index (χ3v) is 12.3. The van der Waals surface area contributed by atoms with E-state index in [1.54, 1.807) is 0 Å². The molecule has 1 aromatic heterocycles. The average molecular weight is 835 g/mol. The van der Waals surface area contributed by atoms with Crippen LogP contribution in [0.1, 0.15) is 5.56 Å². The molecule has 0 amide bonds. The van der Waals surface area contributed by atoms with E-state index in [9.17, 15) is 0 Å². The molecular formula is C61H46N4. The maximum Gasteiger partial charge on any atom is 0.0542 e. The molecule has 11 rings (SSSR count). The van der Waals surface area contributed by atoms with Crippen LogP contribution in [-0.2, 0) is 0 Å². The molecule has 65 heavy (non-hydrogen) atoms. The first-order valence-corrected chi connectivity index (χ1v) is 22.2. The lowest BCUT2D eigenvalue weighted by Gasteiger charge is -2.30. The molecule has 0 N–H and O–H groups in total. The Bertz CT molecular complexity index is 3330. The lowest BCUT2D eigenvalue weighted by molar-refractivity contribution is 1.09. The number of hydrogen-bond donors (Lipinski definition) is 0. The van der Waals surface area contributed by atoms with Crippen molar-refractivity contribution in [3.8, 4) is 16.8 Å².